The number of amides is 5. The van der Waals surface area contributed by atoms with Crippen molar-refractivity contribution in [2.24, 2.45) is 0 Å². The van der Waals surface area contributed by atoms with Gasteiger partial charge in [0.25, 0.3) is 0 Å². The molecular weight excluding hydrogens is 319 g/mol. The molecule has 1 aromatic carbocycles. The first-order valence-electron chi connectivity index (χ1n) is 7.00. The molecule has 1 aromatic rings. The second kappa shape index (κ2) is 7.82. The van der Waals surface area contributed by atoms with E-state index in [4.69, 9.17) is 11.2 Å². The zero-order valence-corrected chi connectivity index (χ0v) is 12.6. The smallest absolute Gasteiger partial charge is 0.324 e. The Bertz CT molecular complexity index is 685. The number of ether oxygens (including phenoxy) is 1. The monoisotopic (exact) mass is 334 g/mol. The van der Waals surface area contributed by atoms with Gasteiger partial charge in [0.1, 0.15) is 18.2 Å². The van der Waals surface area contributed by atoms with Crippen molar-refractivity contribution in [2.45, 2.75) is 0 Å². The first-order chi connectivity index (χ1) is 11.5. The summed E-state index contributed by atoms with van der Waals surface area (Å²) in [5.74, 6) is 1.57. The number of rotatable bonds is 6. The van der Waals surface area contributed by atoms with E-state index in [0.29, 0.717) is 0 Å². The van der Waals surface area contributed by atoms with E-state index in [1.54, 1.807) is 0 Å². The molecule has 0 aromatic heterocycles. The van der Waals surface area contributed by atoms with Crippen LogP contribution in [0.4, 0.5) is 19.7 Å². The third-order valence-corrected chi connectivity index (χ3v) is 3.06. The third-order valence-electron chi connectivity index (χ3n) is 3.06. The van der Waals surface area contributed by atoms with Crippen LogP contribution in [0.15, 0.2) is 18.2 Å². The van der Waals surface area contributed by atoms with Crippen molar-refractivity contribution in [2.75, 3.05) is 31.6 Å². The molecule has 5 amide bonds. The lowest BCUT2D eigenvalue weighted by atomic mass is 10.3. The van der Waals surface area contributed by atoms with E-state index >= 15 is 0 Å². The molecule has 1 heterocycles. The van der Waals surface area contributed by atoms with Crippen LogP contribution in [0, 0.1) is 18.2 Å². The maximum Gasteiger partial charge on any atom is 0.324 e. The summed E-state index contributed by atoms with van der Waals surface area (Å²) in [4.78, 5) is 35.5. The summed E-state index contributed by atoms with van der Waals surface area (Å²) in [6.45, 7) is -0.0130. The van der Waals surface area contributed by atoms with Crippen LogP contribution in [0.25, 0.3) is 0 Å². The van der Waals surface area contributed by atoms with E-state index in [-0.39, 0.29) is 43.6 Å². The summed E-state index contributed by atoms with van der Waals surface area (Å²) in [7, 11) is 0. The molecule has 3 N–H and O–H groups in total. The first-order valence-corrected chi connectivity index (χ1v) is 7.00. The van der Waals surface area contributed by atoms with Crippen molar-refractivity contribution in [3.8, 4) is 18.1 Å². The van der Waals surface area contributed by atoms with Crippen molar-refractivity contribution in [3.05, 3.63) is 24.0 Å². The SMILES string of the molecule is C#CCOc1ccc(F)cc1NC(=O)NCCN1C(=O)CNC1=O. The Hall–Kier alpha value is -3.28. The number of imide groups is 1. The molecule has 0 atom stereocenters. The van der Waals surface area contributed by atoms with E-state index in [9.17, 15) is 18.8 Å². The fourth-order valence-corrected chi connectivity index (χ4v) is 1.97. The molecule has 0 aliphatic carbocycles. The molecule has 2 rings (SSSR count). The van der Waals surface area contributed by atoms with Crippen LogP contribution >= 0.6 is 0 Å². The predicted octanol–water partition coefficient (Wildman–Crippen LogP) is 0.511. The molecule has 0 saturated carbocycles. The van der Waals surface area contributed by atoms with Gasteiger partial charge in [0.05, 0.1) is 12.2 Å². The van der Waals surface area contributed by atoms with Gasteiger partial charge in [-0.1, -0.05) is 5.92 Å². The zero-order valence-electron chi connectivity index (χ0n) is 12.6. The first kappa shape index (κ1) is 17.1. The number of hydrogen-bond acceptors (Lipinski definition) is 4. The highest BCUT2D eigenvalue weighted by atomic mass is 19.1. The van der Waals surface area contributed by atoms with E-state index < -0.39 is 17.9 Å². The number of carbonyl (C=O) groups is 3. The summed E-state index contributed by atoms with van der Waals surface area (Å²) in [6.07, 6.45) is 5.09. The van der Waals surface area contributed by atoms with Gasteiger partial charge >= 0.3 is 12.1 Å². The quantitative estimate of drug-likeness (QED) is 0.521. The summed E-state index contributed by atoms with van der Waals surface area (Å²) >= 11 is 0. The normalized spacial score (nSPS) is 13.2. The van der Waals surface area contributed by atoms with Gasteiger partial charge in [0.15, 0.2) is 0 Å². The average Bonchev–Trinajstić information content (AvgIpc) is 2.86. The lowest BCUT2D eigenvalue weighted by molar-refractivity contribution is -0.124. The Balaban J connectivity index is 1.88. The van der Waals surface area contributed by atoms with Crippen LogP contribution in [0.1, 0.15) is 0 Å². The Morgan fingerprint density at radius 3 is 2.92 bits per heavy atom. The Kier molecular flexibility index (Phi) is 5.57. The van der Waals surface area contributed by atoms with Crippen LogP contribution in [0.3, 0.4) is 0 Å². The molecule has 1 aliphatic rings. The molecule has 0 spiro atoms. The maximum atomic E-state index is 13.3. The molecule has 1 aliphatic heterocycles. The maximum absolute atomic E-state index is 13.3. The fraction of sp³-hybridized carbons (Fsp3) is 0.267. The van der Waals surface area contributed by atoms with Gasteiger partial charge in [-0.25, -0.2) is 14.0 Å². The predicted molar refractivity (Wildman–Crippen MR) is 82.9 cm³/mol. The lowest BCUT2D eigenvalue weighted by Gasteiger charge is -2.14. The number of hydrogen-bond donors (Lipinski definition) is 3. The largest absolute Gasteiger partial charge is 0.479 e. The third kappa shape index (κ3) is 4.36. The molecule has 24 heavy (non-hydrogen) atoms. The van der Waals surface area contributed by atoms with Crippen molar-refractivity contribution >= 4 is 23.7 Å². The van der Waals surface area contributed by atoms with Crippen molar-refractivity contribution in [1.82, 2.24) is 15.5 Å². The summed E-state index contributed by atoms with van der Waals surface area (Å²) in [5.41, 5.74) is 0.109. The highest BCUT2D eigenvalue weighted by Crippen LogP contribution is 2.25. The molecular formula is C15H15FN4O4. The molecule has 9 heteroatoms. The van der Waals surface area contributed by atoms with Gasteiger partial charge in [0, 0.05) is 19.2 Å². The Morgan fingerprint density at radius 2 is 2.25 bits per heavy atom. The van der Waals surface area contributed by atoms with Crippen LogP contribution in [-0.2, 0) is 4.79 Å². The second-order valence-electron chi connectivity index (χ2n) is 4.72. The molecule has 0 bridgehead atoms. The molecule has 0 unspecified atom stereocenters. The summed E-state index contributed by atoms with van der Waals surface area (Å²) in [5, 5.41) is 7.25. The molecule has 1 fully saturated rings. The van der Waals surface area contributed by atoms with E-state index in [1.807, 2.05) is 0 Å². The number of halogens is 1. The second-order valence-corrected chi connectivity index (χ2v) is 4.72. The van der Waals surface area contributed by atoms with E-state index in [1.165, 1.54) is 12.1 Å². The highest BCUT2D eigenvalue weighted by Gasteiger charge is 2.27. The molecule has 1 saturated heterocycles. The summed E-state index contributed by atoms with van der Waals surface area (Å²) in [6, 6.07) is 2.46. The van der Waals surface area contributed by atoms with Crippen molar-refractivity contribution in [1.29, 1.82) is 0 Å². The van der Waals surface area contributed by atoms with Crippen LogP contribution in [0.5, 0.6) is 5.75 Å². The Morgan fingerprint density at radius 1 is 1.46 bits per heavy atom. The number of urea groups is 2. The topological polar surface area (TPSA) is 99.8 Å². The van der Waals surface area contributed by atoms with Gasteiger partial charge in [-0.15, -0.1) is 6.42 Å². The average molecular weight is 334 g/mol. The van der Waals surface area contributed by atoms with Crippen LogP contribution in [-0.4, -0.2) is 49.1 Å². The van der Waals surface area contributed by atoms with E-state index in [2.05, 4.69) is 21.9 Å². The summed E-state index contributed by atoms with van der Waals surface area (Å²) < 4.78 is 18.5. The number of nitrogens with one attached hydrogen (secondary N) is 3. The number of terminal acetylenes is 1. The number of carbonyl (C=O) groups excluding carboxylic acids is 3. The van der Waals surface area contributed by atoms with Crippen LogP contribution < -0.4 is 20.7 Å². The number of nitrogens with zero attached hydrogens (tertiary/aromatic N) is 1. The lowest BCUT2D eigenvalue weighted by Crippen LogP contribution is -2.40. The minimum absolute atomic E-state index is 0.0295. The molecule has 126 valence electrons. The number of benzene rings is 1. The van der Waals surface area contributed by atoms with Gasteiger partial charge in [-0.2, -0.15) is 0 Å². The van der Waals surface area contributed by atoms with Crippen molar-refractivity contribution < 1.29 is 23.5 Å². The zero-order chi connectivity index (χ0) is 17.5. The Labute approximate surface area is 137 Å². The molecule has 0 radical (unpaired) electrons. The van der Waals surface area contributed by atoms with Gasteiger partial charge in [-0.3, -0.25) is 9.69 Å². The van der Waals surface area contributed by atoms with Gasteiger partial charge in [-0.05, 0) is 12.1 Å². The van der Waals surface area contributed by atoms with Crippen molar-refractivity contribution in [3.63, 3.8) is 0 Å². The fourth-order valence-electron chi connectivity index (χ4n) is 1.97. The van der Waals surface area contributed by atoms with Gasteiger partial charge < -0.3 is 20.7 Å². The number of anilines is 1. The van der Waals surface area contributed by atoms with Gasteiger partial charge in [0.2, 0.25) is 5.91 Å². The highest BCUT2D eigenvalue weighted by molar-refractivity contribution is 6.02. The van der Waals surface area contributed by atoms with Crippen LogP contribution in [0.2, 0.25) is 0 Å². The minimum Gasteiger partial charge on any atom is -0.479 e. The van der Waals surface area contributed by atoms with E-state index in [0.717, 1.165) is 11.0 Å². The molecule has 8 nitrogen and oxygen atoms in total. The standard InChI is InChI=1S/C15H15FN4O4/c1-2-7-24-12-4-3-10(16)8-11(12)19-14(22)17-5-6-20-13(21)9-18-15(20)23/h1,3-4,8H,5-7,9H2,(H,18,23)(H2,17,19,22). The minimum atomic E-state index is -0.641.